The molecule has 1 aromatic rings. The summed E-state index contributed by atoms with van der Waals surface area (Å²) in [6.45, 7) is 1.85. The molecular formula is C12H14ClFN2O3S. The number of hydrogen-bond donors (Lipinski definition) is 1. The molecule has 1 heterocycles. The zero-order valence-electron chi connectivity index (χ0n) is 10.7. The number of nitrogens with zero attached hydrogens (tertiary/aromatic N) is 1. The summed E-state index contributed by atoms with van der Waals surface area (Å²) in [6, 6.07) is 3.37. The molecule has 1 amide bonds. The number of benzene rings is 1. The van der Waals surface area contributed by atoms with Gasteiger partial charge in [0.2, 0.25) is 15.9 Å². The number of rotatable bonds is 3. The van der Waals surface area contributed by atoms with Crippen LogP contribution in [0.3, 0.4) is 0 Å². The standard InChI is InChI=1S/C12H14ClFN2O3S/c1-7-5-16(6-9(7)12(15)17)20(18,19)11-3-2-8(13)4-10(11)14/h2-4,7,9H,5-6H2,1H3,(H2,15,17)/t7-,9-/m1/s1. The van der Waals surface area contributed by atoms with Crippen LogP contribution in [0, 0.1) is 17.7 Å². The predicted octanol–water partition coefficient (Wildman–Crippen LogP) is 1.22. The van der Waals surface area contributed by atoms with Crippen LogP contribution in [0.15, 0.2) is 23.1 Å². The summed E-state index contributed by atoms with van der Waals surface area (Å²) in [5.74, 6) is -2.21. The van der Waals surface area contributed by atoms with Gasteiger partial charge in [0, 0.05) is 18.1 Å². The summed E-state index contributed by atoms with van der Waals surface area (Å²) < 4.78 is 39.6. The number of nitrogens with two attached hydrogens (primary N) is 1. The lowest BCUT2D eigenvalue weighted by Gasteiger charge is -2.16. The Bertz CT molecular complexity index is 650. The van der Waals surface area contributed by atoms with Gasteiger partial charge in [-0.1, -0.05) is 18.5 Å². The molecule has 1 aromatic carbocycles. The second-order valence-electron chi connectivity index (χ2n) is 4.88. The fraction of sp³-hybridized carbons (Fsp3) is 0.417. The van der Waals surface area contributed by atoms with Gasteiger partial charge in [-0.2, -0.15) is 4.31 Å². The second kappa shape index (κ2) is 5.31. The van der Waals surface area contributed by atoms with Crippen molar-refractivity contribution in [1.29, 1.82) is 0 Å². The molecule has 2 N–H and O–H groups in total. The topological polar surface area (TPSA) is 80.5 Å². The molecule has 0 bridgehead atoms. The Morgan fingerprint density at radius 3 is 2.60 bits per heavy atom. The Hall–Kier alpha value is -1.18. The number of primary amides is 1. The van der Waals surface area contributed by atoms with Gasteiger partial charge in [-0.15, -0.1) is 0 Å². The van der Waals surface area contributed by atoms with E-state index >= 15 is 0 Å². The molecule has 1 aliphatic heterocycles. The van der Waals surface area contributed by atoms with Gasteiger partial charge >= 0.3 is 0 Å². The van der Waals surface area contributed by atoms with E-state index < -0.39 is 32.6 Å². The molecule has 0 aliphatic carbocycles. The largest absolute Gasteiger partial charge is 0.369 e. The van der Waals surface area contributed by atoms with Gasteiger partial charge in [0.15, 0.2) is 0 Å². The number of hydrogen-bond acceptors (Lipinski definition) is 3. The Morgan fingerprint density at radius 2 is 2.10 bits per heavy atom. The summed E-state index contributed by atoms with van der Waals surface area (Å²) in [6.07, 6.45) is 0. The first-order valence-corrected chi connectivity index (χ1v) is 7.80. The van der Waals surface area contributed by atoms with Crippen LogP contribution < -0.4 is 5.73 Å². The van der Waals surface area contributed by atoms with Gasteiger partial charge in [-0.25, -0.2) is 12.8 Å². The highest BCUT2D eigenvalue weighted by molar-refractivity contribution is 7.89. The molecule has 0 unspecified atom stereocenters. The van der Waals surface area contributed by atoms with Crippen molar-refractivity contribution in [2.24, 2.45) is 17.6 Å². The molecule has 2 atom stereocenters. The van der Waals surface area contributed by atoms with Gasteiger partial charge in [0.1, 0.15) is 10.7 Å². The van der Waals surface area contributed by atoms with Crippen molar-refractivity contribution in [3.8, 4) is 0 Å². The average Bonchev–Trinajstić information content (AvgIpc) is 2.71. The zero-order chi connectivity index (χ0) is 15.1. The third-order valence-corrected chi connectivity index (χ3v) is 5.56. The lowest BCUT2D eigenvalue weighted by atomic mass is 9.98. The quantitative estimate of drug-likeness (QED) is 0.909. The Morgan fingerprint density at radius 1 is 1.45 bits per heavy atom. The maximum absolute atomic E-state index is 13.8. The van der Waals surface area contributed by atoms with Crippen LogP contribution in [-0.4, -0.2) is 31.7 Å². The van der Waals surface area contributed by atoms with E-state index in [9.17, 15) is 17.6 Å². The van der Waals surface area contributed by atoms with Gasteiger partial charge in [0.25, 0.3) is 0 Å². The third-order valence-electron chi connectivity index (χ3n) is 3.46. The van der Waals surface area contributed by atoms with Crippen LogP contribution >= 0.6 is 11.6 Å². The van der Waals surface area contributed by atoms with E-state index in [0.717, 1.165) is 16.4 Å². The predicted molar refractivity (Wildman–Crippen MR) is 72.0 cm³/mol. The summed E-state index contributed by atoms with van der Waals surface area (Å²) in [4.78, 5) is 10.8. The van der Waals surface area contributed by atoms with Crippen molar-refractivity contribution < 1.29 is 17.6 Å². The van der Waals surface area contributed by atoms with Gasteiger partial charge < -0.3 is 5.73 Å². The van der Waals surface area contributed by atoms with Crippen molar-refractivity contribution in [2.75, 3.05) is 13.1 Å². The van der Waals surface area contributed by atoms with E-state index in [-0.39, 0.29) is 24.0 Å². The molecule has 0 radical (unpaired) electrons. The minimum atomic E-state index is -3.99. The maximum atomic E-state index is 13.8. The van der Waals surface area contributed by atoms with Crippen molar-refractivity contribution >= 4 is 27.5 Å². The molecule has 0 saturated carbocycles. The summed E-state index contributed by atoms with van der Waals surface area (Å²) in [7, 11) is -3.99. The van der Waals surface area contributed by atoms with Gasteiger partial charge in [0.05, 0.1) is 5.92 Å². The first-order chi connectivity index (χ1) is 9.23. The molecule has 1 aliphatic rings. The van der Waals surface area contributed by atoms with Crippen LogP contribution in [0.2, 0.25) is 5.02 Å². The summed E-state index contributed by atoms with van der Waals surface area (Å²) in [5, 5.41) is 0.117. The number of carbonyl (C=O) groups is 1. The monoisotopic (exact) mass is 320 g/mol. The number of sulfonamides is 1. The third kappa shape index (κ3) is 2.65. The van der Waals surface area contributed by atoms with Gasteiger partial charge in [-0.3, -0.25) is 4.79 Å². The van der Waals surface area contributed by atoms with Crippen LogP contribution in [0.25, 0.3) is 0 Å². The number of carbonyl (C=O) groups excluding carboxylic acids is 1. The molecule has 0 spiro atoms. The average molecular weight is 321 g/mol. The summed E-state index contributed by atoms with van der Waals surface area (Å²) >= 11 is 5.60. The molecule has 5 nitrogen and oxygen atoms in total. The molecular weight excluding hydrogens is 307 g/mol. The van der Waals surface area contributed by atoms with E-state index in [1.54, 1.807) is 6.92 Å². The molecule has 1 fully saturated rings. The van der Waals surface area contributed by atoms with Crippen molar-refractivity contribution in [3.63, 3.8) is 0 Å². The maximum Gasteiger partial charge on any atom is 0.246 e. The van der Waals surface area contributed by atoms with Crippen LogP contribution in [0.4, 0.5) is 4.39 Å². The van der Waals surface area contributed by atoms with Gasteiger partial charge in [-0.05, 0) is 24.1 Å². The molecule has 110 valence electrons. The second-order valence-corrected chi connectivity index (χ2v) is 7.23. The van der Waals surface area contributed by atoms with E-state index in [4.69, 9.17) is 17.3 Å². The fourth-order valence-electron chi connectivity index (χ4n) is 2.31. The highest BCUT2D eigenvalue weighted by atomic mass is 35.5. The summed E-state index contributed by atoms with van der Waals surface area (Å²) in [5.41, 5.74) is 5.23. The Kier molecular flexibility index (Phi) is 4.04. The van der Waals surface area contributed by atoms with Crippen LogP contribution in [0.1, 0.15) is 6.92 Å². The lowest BCUT2D eigenvalue weighted by Crippen LogP contribution is -2.32. The Labute approximate surface area is 121 Å². The molecule has 8 heteroatoms. The number of halogens is 2. The van der Waals surface area contributed by atoms with Crippen LogP contribution in [-0.2, 0) is 14.8 Å². The van der Waals surface area contributed by atoms with E-state index in [1.165, 1.54) is 6.07 Å². The highest BCUT2D eigenvalue weighted by Gasteiger charge is 2.40. The van der Waals surface area contributed by atoms with E-state index in [2.05, 4.69) is 0 Å². The van der Waals surface area contributed by atoms with Crippen molar-refractivity contribution in [1.82, 2.24) is 4.31 Å². The minimum Gasteiger partial charge on any atom is -0.369 e. The highest BCUT2D eigenvalue weighted by Crippen LogP contribution is 2.30. The smallest absolute Gasteiger partial charge is 0.246 e. The SMILES string of the molecule is C[C@@H]1CN(S(=O)(=O)c2ccc(Cl)cc2F)C[C@H]1C(N)=O. The number of amides is 1. The molecule has 0 aromatic heterocycles. The minimum absolute atomic E-state index is 0.0269. The van der Waals surface area contributed by atoms with Crippen molar-refractivity contribution in [3.05, 3.63) is 29.0 Å². The van der Waals surface area contributed by atoms with E-state index in [1.807, 2.05) is 0 Å². The first-order valence-electron chi connectivity index (χ1n) is 5.98. The first kappa shape index (κ1) is 15.2. The van der Waals surface area contributed by atoms with Crippen LogP contribution in [0.5, 0.6) is 0 Å². The zero-order valence-corrected chi connectivity index (χ0v) is 12.3. The molecule has 2 rings (SSSR count). The van der Waals surface area contributed by atoms with E-state index in [0.29, 0.717) is 0 Å². The van der Waals surface area contributed by atoms with Crippen molar-refractivity contribution in [2.45, 2.75) is 11.8 Å². The molecule has 20 heavy (non-hydrogen) atoms. The Balaban J connectivity index is 2.35. The normalized spacial score (nSPS) is 23.9. The lowest BCUT2D eigenvalue weighted by molar-refractivity contribution is -0.122. The fourth-order valence-corrected chi connectivity index (χ4v) is 4.08. The molecule has 1 saturated heterocycles.